The highest BCUT2D eigenvalue weighted by Gasteiger charge is 2.33. The molecule has 27 heavy (non-hydrogen) atoms. The molecule has 3 aliphatic rings. The van der Waals surface area contributed by atoms with Gasteiger partial charge in [-0.2, -0.15) is 0 Å². The lowest BCUT2D eigenvalue weighted by molar-refractivity contribution is 0.0795. The Labute approximate surface area is 158 Å². The lowest BCUT2D eigenvalue weighted by Crippen LogP contribution is -2.38. The third-order valence-corrected chi connectivity index (χ3v) is 5.14. The molecule has 3 aliphatic heterocycles. The standard InChI is InChI=1S/C19H24FN5O2/c1-27-19-15(12-14(20)13-21-19)16-4-2-8-24(16)17-6-10-25-18(22-17)5-9-23(25)7-3-11-26/h5-6,10,12-13,16,26H,2-4,7-9,11H2,1H3/t16-/m1/s1. The Kier molecular flexibility index (Phi) is 5.09. The van der Waals surface area contributed by atoms with E-state index in [0.717, 1.165) is 56.1 Å². The van der Waals surface area contributed by atoms with Crippen molar-refractivity contribution in [2.45, 2.75) is 25.3 Å². The SMILES string of the molecule is COc1ncc(F)cc1[C@H]1CCCN1C1=NC2=CCN(CCCO)N2C=C1. The molecule has 0 spiro atoms. The molecule has 4 heterocycles. The first-order valence-corrected chi connectivity index (χ1v) is 9.29. The fourth-order valence-corrected chi connectivity index (χ4v) is 3.90. The molecular formula is C19H24FN5O2. The Morgan fingerprint density at radius 1 is 1.41 bits per heavy atom. The average Bonchev–Trinajstić information content (AvgIpc) is 3.33. The van der Waals surface area contributed by atoms with Crippen LogP contribution in [0.15, 0.2) is 41.4 Å². The van der Waals surface area contributed by atoms with Gasteiger partial charge in [-0.05, 0) is 37.5 Å². The van der Waals surface area contributed by atoms with Crippen molar-refractivity contribution in [3.63, 3.8) is 0 Å². The molecule has 1 N–H and O–H groups in total. The molecule has 4 rings (SSSR count). The van der Waals surface area contributed by atoms with Crippen LogP contribution in [-0.4, -0.2) is 64.2 Å². The molecule has 0 aliphatic carbocycles. The predicted octanol–water partition coefficient (Wildman–Crippen LogP) is 2.05. The number of aliphatic imine (C=N–C) groups is 1. The molecule has 0 bridgehead atoms. The number of amidine groups is 1. The fraction of sp³-hybridized carbons (Fsp3) is 0.474. The van der Waals surface area contributed by atoms with Crippen LogP contribution in [0.4, 0.5) is 4.39 Å². The molecule has 8 heteroatoms. The van der Waals surface area contributed by atoms with E-state index >= 15 is 0 Å². The molecule has 144 valence electrons. The quantitative estimate of drug-likeness (QED) is 0.852. The summed E-state index contributed by atoms with van der Waals surface area (Å²) in [5.41, 5.74) is 0.763. The summed E-state index contributed by atoms with van der Waals surface area (Å²) in [5.74, 6) is 1.87. The van der Waals surface area contributed by atoms with Gasteiger partial charge in [-0.3, -0.25) is 5.01 Å². The molecule has 0 amide bonds. The zero-order chi connectivity index (χ0) is 18.8. The fourth-order valence-electron chi connectivity index (χ4n) is 3.90. The van der Waals surface area contributed by atoms with Crippen molar-refractivity contribution in [1.29, 1.82) is 0 Å². The van der Waals surface area contributed by atoms with Crippen LogP contribution in [-0.2, 0) is 0 Å². The van der Waals surface area contributed by atoms with Gasteiger partial charge in [-0.1, -0.05) is 0 Å². The second kappa shape index (κ2) is 7.66. The summed E-state index contributed by atoms with van der Waals surface area (Å²) >= 11 is 0. The first-order chi connectivity index (χ1) is 13.2. The number of hydrogen-bond donors (Lipinski definition) is 1. The van der Waals surface area contributed by atoms with E-state index in [-0.39, 0.29) is 18.5 Å². The highest BCUT2D eigenvalue weighted by atomic mass is 19.1. The Morgan fingerprint density at radius 3 is 3.11 bits per heavy atom. The minimum atomic E-state index is -0.358. The molecule has 0 aromatic carbocycles. The zero-order valence-corrected chi connectivity index (χ0v) is 15.4. The molecule has 0 saturated carbocycles. The van der Waals surface area contributed by atoms with Gasteiger partial charge in [-0.25, -0.2) is 19.4 Å². The van der Waals surface area contributed by atoms with E-state index in [0.29, 0.717) is 5.88 Å². The Morgan fingerprint density at radius 2 is 2.30 bits per heavy atom. The Balaban J connectivity index is 1.56. The number of methoxy groups -OCH3 is 1. The molecule has 7 nitrogen and oxygen atoms in total. The van der Waals surface area contributed by atoms with Gasteiger partial charge in [0.05, 0.1) is 19.3 Å². The van der Waals surface area contributed by atoms with E-state index in [2.05, 4.69) is 21.0 Å². The maximum Gasteiger partial charge on any atom is 0.218 e. The molecular weight excluding hydrogens is 349 g/mol. The largest absolute Gasteiger partial charge is 0.481 e. The smallest absolute Gasteiger partial charge is 0.218 e. The second-order valence-corrected chi connectivity index (χ2v) is 6.79. The lowest BCUT2D eigenvalue weighted by Gasteiger charge is -2.33. The number of halogens is 1. The summed E-state index contributed by atoms with van der Waals surface area (Å²) in [6, 6.07) is 1.50. The third kappa shape index (κ3) is 3.42. The van der Waals surface area contributed by atoms with Gasteiger partial charge in [0.2, 0.25) is 5.88 Å². The van der Waals surface area contributed by atoms with Crippen LogP contribution >= 0.6 is 0 Å². The summed E-state index contributed by atoms with van der Waals surface area (Å²) < 4.78 is 19.2. The summed E-state index contributed by atoms with van der Waals surface area (Å²) in [4.78, 5) is 11.1. The number of rotatable bonds is 5. The van der Waals surface area contributed by atoms with Crippen LogP contribution in [0.2, 0.25) is 0 Å². The zero-order valence-electron chi connectivity index (χ0n) is 15.4. The average molecular weight is 373 g/mol. The maximum absolute atomic E-state index is 13.8. The first kappa shape index (κ1) is 17.9. The van der Waals surface area contributed by atoms with Crippen molar-refractivity contribution >= 4 is 5.84 Å². The number of aliphatic hydroxyl groups is 1. The van der Waals surface area contributed by atoms with Crippen LogP contribution in [0.5, 0.6) is 5.88 Å². The summed E-state index contributed by atoms with van der Waals surface area (Å²) in [5, 5.41) is 13.2. The van der Waals surface area contributed by atoms with Crippen LogP contribution in [0.25, 0.3) is 0 Å². The minimum absolute atomic E-state index is 0.00871. The lowest BCUT2D eigenvalue weighted by atomic mass is 10.1. The van der Waals surface area contributed by atoms with E-state index in [1.165, 1.54) is 12.3 Å². The molecule has 1 aromatic rings. The normalized spacial score (nSPS) is 22.1. The Bertz CT molecular complexity index is 794. The van der Waals surface area contributed by atoms with Crippen molar-refractivity contribution in [3.05, 3.63) is 47.8 Å². The predicted molar refractivity (Wildman–Crippen MR) is 99.2 cm³/mol. The van der Waals surface area contributed by atoms with E-state index in [9.17, 15) is 4.39 Å². The van der Waals surface area contributed by atoms with Gasteiger partial charge in [0.15, 0.2) is 0 Å². The van der Waals surface area contributed by atoms with Gasteiger partial charge in [0.25, 0.3) is 0 Å². The van der Waals surface area contributed by atoms with Crippen LogP contribution in [0.3, 0.4) is 0 Å². The molecule has 0 radical (unpaired) electrons. The van der Waals surface area contributed by atoms with Crippen LogP contribution in [0, 0.1) is 5.82 Å². The molecule has 1 atom stereocenters. The molecule has 1 fully saturated rings. The van der Waals surface area contributed by atoms with Crippen molar-refractivity contribution in [1.82, 2.24) is 19.9 Å². The van der Waals surface area contributed by atoms with Crippen molar-refractivity contribution in [2.75, 3.05) is 33.4 Å². The van der Waals surface area contributed by atoms with Crippen molar-refractivity contribution < 1.29 is 14.2 Å². The highest BCUT2D eigenvalue weighted by Crippen LogP contribution is 2.37. The number of fused-ring (bicyclic) bond motifs is 1. The molecule has 0 unspecified atom stereocenters. The second-order valence-electron chi connectivity index (χ2n) is 6.79. The number of aromatic nitrogens is 1. The molecule has 1 aromatic heterocycles. The van der Waals surface area contributed by atoms with Crippen molar-refractivity contribution in [2.24, 2.45) is 4.99 Å². The van der Waals surface area contributed by atoms with Crippen molar-refractivity contribution in [3.8, 4) is 5.88 Å². The van der Waals surface area contributed by atoms with Gasteiger partial charge in [-0.15, -0.1) is 0 Å². The van der Waals surface area contributed by atoms with E-state index < -0.39 is 0 Å². The Hall–Kier alpha value is -2.45. The summed E-state index contributed by atoms with van der Waals surface area (Å²) in [7, 11) is 1.56. The molecule has 1 saturated heterocycles. The van der Waals surface area contributed by atoms with E-state index in [4.69, 9.17) is 14.8 Å². The van der Waals surface area contributed by atoms with E-state index in [1.54, 1.807) is 7.11 Å². The van der Waals surface area contributed by atoms with Gasteiger partial charge in [0.1, 0.15) is 17.5 Å². The first-order valence-electron chi connectivity index (χ1n) is 9.29. The van der Waals surface area contributed by atoms with Crippen LogP contribution < -0.4 is 4.74 Å². The number of ether oxygens (including phenoxy) is 1. The number of pyridine rings is 1. The van der Waals surface area contributed by atoms with Gasteiger partial charge < -0.3 is 14.7 Å². The number of likely N-dealkylation sites (tertiary alicyclic amines) is 1. The number of nitrogens with zero attached hydrogens (tertiary/aromatic N) is 5. The summed E-state index contributed by atoms with van der Waals surface area (Å²) in [6.07, 6.45) is 9.89. The van der Waals surface area contributed by atoms with Crippen LogP contribution in [0.1, 0.15) is 30.9 Å². The third-order valence-electron chi connectivity index (χ3n) is 5.14. The maximum atomic E-state index is 13.8. The topological polar surface area (TPSA) is 64.4 Å². The highest BCUT2D eigenvalue weighted by molar-refractivity contribution is 5.95. The summed E-state index contributed by atoms with van der Waals surface area (Å²) in [6.45, 7) is 2.59. The van der Waals surface area contributed by atoms with Gasteiger partial charge in [0, 0.05) is 38.0 Å². The number of hydrazine groups is 1. The van der Waals surface area contributed by atoms with Gasteiger partial charge >= 0.3 is 0 Å². The van der Waals surface area contributed by atoms with E-state index in [1.807, 2.05) is 17.3 Å². The number of hydrogen-bond acceptors (Lipinski definition) is 7. The number of aliphatic hydroxyl groups excluding tert-OH is 1. The monoisotopic (exact) mass is 373 g/mol. The minimum Gasteiger partial charge on any atom is -0.481 e.